The zero-order chi connectivity index (χ0) is 11.9. The Bertz CT molecular complexity index is 423. The van der Waals surface area contributed by atoms with Crippen LogP contribution in [0.4, 0.5) is 0 Å². The third-order valence-corrected chi connectivity index (χ3v) is 3.98. The summed E-state index contributed by atoms with van der Waals surface area (Å²) in [7, 11) is 0. The minimum Gasteiger partial charge on any atom is -0.488 e. The zero-order valence-electron chi connectivity index (χ0n) is 10.8. The third kappa shape index (κ3) is 2.47. The van der Waals surface area contributed by atoms with E-state index in [4.69, 9.17) is 4.74 Å². The Labute approximate surface area is 103 Å². The van der Waals surface area contributed by atoms with Gasteiger partial charge < -0.3 is 10.1 Å². The Morgan fingerprint density at radius 1 is 1.41 bits per heavy atom. The lowest BCUT2D eigenvalue weighted by molar-refractivity contribution is 0.224. The van der Waals surface area contributed by atoms with Crippen molar-refractivity contribution in [2.45, 2.75) is 39.2 Å². The SMILES string of the molecule is Cc1ccc2c(c1)CC(CNCC1(C)CC1)O2. The maximum atomic E-state index is 5.93. The second kappa shape index (κ2) is 4.02. The number of benzene rings is 1. The number of hydrogen-bond acceptors (Lipinski definition) is 2. The van der Waals surface area contributed by atoms with Gasteiger partial charge in [-0.3, -0.25) is 0 Å². The first-order valence-corrected chi connectivity index (χ1v) is 6.62. The van der Waals surface area contributed by atoms with Gasteiger partial charge in [-0.15, -0.1) is 0 Å². The quantitative estimate of drug-likeness (QED) is 0.860. The minimum absolute atomic E-state index is 0.328. The van der Waals surface area contributed by atoms with Crippen LogP contribution in [0.3, 0.4) is 0 Å². The van der Waals surface area contributed by atoms with Crippen LogP contribution in [0.1, 0.15) is 30.9 Å². The molecule has 1 aromatic carbocycles. The summed E-state index contributed by atoms with van der Waals surface area (Å²) in [6, 6.07) is 6.48. The number of fused-ring (bicyclic) bond motifs is 1. The fraction of sp³-hybridized carbons (Fsp3) is 0.600. The fourth-order valence-corrected chi connectivity index (χ4v) is 2.49. The molecule has 1 fully saturated rings. The van der Waals surface area contributed by atoms with E-state index in [0.717, 1.165) is 25.3 Å². The molecule has 0 spiro atoms. The van der Waals surface area contributed by atoms with Crippen molar-refractivity contribution < 1.29 is 4.74 Å². The molecule has 2 nitrogen and oxygen atoms in total. The molecule has 17 heavy (non-hydrogen) atoms. The number of aryl methyl sites for hydroxylation is 1. The number of ether oxygens (including phenoxy) is 1. The predicted octanol–water partition coefficient (Wildman–Crippen LogP) is 2.69. The van der Waals surface area contributed by atoms with E-state index >= 15 is 0 Å². The molecular weight excluding hydrogens is 210 g/mol. The molecule has 1 saturated carbocycles. The van der Waals surface area contributed by atoms with Gasteiger partial charge in [-0.1, -0.05) is 24.6 Å². The van der Waals surface area contributed by atoms with Crippen LogP contribution in [-0.2, 0) is 6.42 Å². The van der Waals surface area contributed by atoms with Gasteiger partial charge in [-0.25, -0.2) is 0 Å². The Morgan fingerprint density at radius 2 is 2.24 bits per heavy atom. The number of nitrogens with one attached hydrogen (secondary N) is 1. The molecule has 1 heterocycles. The summed E-state index contributed by atoms with van der Waals surface area (Å²) in [5.74, 6) is 1.08. The molecular formula is C15H21NO. The van der Waals surface area contributed by atoms with E-state index < -0.39 is 0 Å². The van der Waals surface area contributed by atoms with Gasteiger partial charge in [-0.05, 0) is 36.8 Å². The maximum absolute atomic E-state index is 5.93. The summed E-state index contributed by atoms with van der Waals surface area (Å²) in [5, 5.41) is 3.55. The molecule has 0 saturated heterocycles. The van der Waals surface area contributed by atoms with Gasteiger partial charge in [0.05, 0.1) is 0 Å². The lowest BCUT2D eigenvalue weighted by atomic mass is 10.1. The number of hydrogen-bond donors (Lipinski definition) is 1. The van der Waals surface area contributed by atoms with E-state index in [9.17, 15) is 0 Å². The molecule has 0 bridgehead atoms. The summed E-state index contributed by atoms with van der Waals surface area (Å²) >= 11 is 0. The standard InChI is InChI=1S/C15H21NO/c1-11-3-4-14-12(7-11)8-13(17-14)9-16-10-15(2)5-6-15/h3-4,7,13,16H,5-6,8-10H2,1-2H3. The molecule has 2 heteroatoms. The number of rotatable bonds is 4. The van der Waals surface area contributed by atoms with E-state index in [0.29, 0.717) is 11.5 Å². The first-order valence-electron chi connectivity index (χ1n) is 6.62. The van der Waals surface area contributed by atoms with E-state index in [-0.39, 0.29) is 0 Å². The summed E-state index contributed by atoms with van der Waals surface area (Å²) in [6.07, 6.45) is 4.14. The molecule has 1 atom stereocenters. The van der Waals surface area contributed by atoms with Gasteiger partial charge in [0.1, 0.15) is 11.9 Å². The van der Waals surface area contributed by atoms with Crippen molar-refractivity contribution in [1.82, 2.24) is 5.32 Å². The molecule has 1 aliphatic carbocycles. The zero-order valence-corrected chi connectivity index (χ0v) is 10.8. The lowest BCUT2D eigenvalue weighted by Gasteiger charge is -2.14. The Hall–Kier alpha value is -1.02. The largest absolute Gasteiger partial charge is 0.488 e. The second-order valence-electron chi connectivity index (χ2n) is 6.00. The second-order valence-corrected chi connectivity index (χ2v) is 6.00. The highest BCUT2D eigenvalue weighted by Crippen LogP contribution is 2.44. The molecule has 92 valence electrons. The van der Waals surface area contributed by atoms with Crippen molar-refractivity contribution in [2.75, 3.05) is 13.1 Å². The molecule has 0 radical (unpaired) electrons. The van der Waals surface area contributed by atoms with Crippen LogP contribution < -0.4 is 10.1 Å². The molecule has 1 aliphatic heterocycles. The molecule has 2 aliphatic rings. The first-order chi connectivity index (χ1) is 8.15. The van der Waals surface area contributed by atoms with Crippen molar-refractivity contribution in [3.05, 3.63) is 29.3 Å². The first kappa shape index (κ1) is 11.1. The average molecular weight is 231 g/mol. The van der Waals surface area contributed by atoms with Gasteiger partial charge in [0.25, 0.3) is 0 Å². The van der Waals surface area contributed by atoms with Crippen molar-refractivity contribution in [1.29, 1.82) is 0 Å². The van der Waals surface area contributed by atoms with Gasteiger partial charge in [0, 0.05) is 19.5 Å². The topological polar surface area (TPSA) is 21.3 Å². The van der Waals surface area contributed by atoms with Gasteiger partial charge in [0.15, 0.2) is 0 Å². The van der Waals surface area contributed by atoms with Gasteiger partial charge in [-0.2, -0.15) is 0 Å². The van der Waals surface area contributed by atoms with Crippen LogP contribution in [0.15, 0.2) is 18.2 Å². The molecule has 3 rings (SSSR count). The maximum Gasteiger partial charge on any atom is 0.123 e. The summed E-state index contributed by atoms with van der Waals surface area (Å²) in [5.41, 5.74) is 3.28. The van der Waals surface area contributed by atoms with Crippen LogP contribution in [0.2, 0.25) is 0 Å². The van der Waals surface area contributed by atoms with Crippen LogP contribution in [0.25, 0.3) is 0 Å². The predicted molar refractivity (Wildman–Crippen MR) is 69.5 cm³/mol. The lowest BCUT2D eigenvalue weighted by Crippen LogP contribution is -2.33. The van der Waals surface area contributed by atoms with E-state index in [2.05, 4.69) is 37.4 Å². The Morgan fingerprint density at radius 3 is 3.00 bits per heavy atom. The summed E-state index contributed by atoms with van der Waals surface area (Å²) in [6.45, 7) is 6.61. The van der Waals surface area contributed by atoms with Crippen LogP contribution in [0.5, 0.6) is 5.75 Å². The normalized spacial score (nSPS) is 24.2. The Balaban J connectivity index is 1.51. The van der Waals surface area contributed by atoms with E-state index in [1.54, 1.807) is 0 Å². The smallest absolute Gasteiger partial charge is 0.123 e. The molecule has 1 unspecified atom stereocenters. The van der Waals surface area contributed by atoms with Crippen molar-refractivity contribution in [3.8, 4) is 5.75 Å². The highest BCUT2D eigenvalue weighted by molar-refractivity contribution is 5.40. The molecule has 0 amide bonds. The van der Waals surface area contributed by atoms with Crippen LogP contribution >= 0.6 is 0 Å². The summed E-state index contributed by atoms with van der Waals surface area (Å²) in [4.78, 5) is 0. The van der Waals surface area contributed by atoms with Crippen LogP contribution in [0, 0.1) is 12.3 Å². The average Bonchev–Trinajstić information content (AvgIpc) is 2.88. The van der Waals surface area contributed by atoms with Crippen molar-refractivity contribution in [3.63, 3.8) is 0 Å². The highest BCUT2D eigenvalue weighted by Gasteiger charge is 2.36. The van der Waals surface area contributed by atoms with E-state index in [1.165, 1.54) is 24.0 Å². The van der Waals surface area contributed by atoms with E-state index in [1.807, 2.05) is 0 Å². The van der Waals surface area contributed by atoms with Gasteiger partial charge >= 0.3 is 0 Å². The molecule has 1 aromatic rings. The summed E-state index contributed by atoms with van der Waals surface area (Å²) < 4.78 is 5.93. The monoisotopic (exact) mass is 231 g/mol. The molecule has 1 N–H and O–H groups in total. The highest BCUT2D eigenvalue weighted by atomic mass is 16.5. The van der Waals surface area contributed by atoms with Crippen molar-refractivity contribution in [2.24, 2.45) is 5.41 Å². The van der Waals surface area contributed by atoms with Gasteiger partial charge in [0.2, 0.25) is 0 Å². The Kier molecular flexibility index (Phi) is 2.62. The fourth-order valence-electron chi connectivity index (χ4n) is 2.49. The minimum atomic E-state index is 0.328. The van der Waals surface area contributed by atoms with Crippen molar-refractivity contribution >= 4 is 0 Å². The third-order valence-electron chi connectivity index (χ3n) is 3.98. The van der Waals surface area contributed by atoms with Crippen LogP contribution in [-0.4, -0.2) is 19.2 Å². The molecule has 0 aromatic heterocycles.